The molecule has 1 unspecified atom stereocenters. The third-order valence-electron chi connectivity index (χ3n) is 6.89. The summed E-state index contributed by atoms with van der Waals surface area (Å²) in [5, 5.41) is 2.11. The number of anilines is 1. The fourth-order valence-electron chi connectivity index (χ4n) is 4.89. The van der Waals surface area contributed by atoms with Gasteiger partial charge < -0.3 is 9.80 Å². The molecule has 0 bridgehead atoms. The predicted octanol–water partition coefficient (Wildman–Crippen LogP) is 7.08. The molecule has 0 spiro atoms. The summed E-state index contributed by atoms with van der Waals surface area (Å²) in [7, 11) is 0. The highest BCUT2D eigenvalue weighted by Gasteiger charge is 2.53. The van der Waals surface area contributed by atoms with Crippen molar-refractivity contribution in [1.29, 1.82) is 0 Å². The van der Waals surface area contributed by atoms with E-state index in [9.17, 15) is 4.79 Å². The average Bonchev–Trinajstić information content (AvgIpc) is 3.61. The summed E-state index contributed by atoms with van der Waals surface area (Å²) in [6.45, 7) is 4.00. The topological polar surface area (TPSA) is 23.6 Å². The van der Waals surface area contributed by atoms with Crippen LogP contribution >= 0.6 is 34.8 Å². The molecule has 170 valence electrons. The molecule has 33 heavy (non-hydrogen) atoms. The van der Waals surface area contributed by atoms with Gasteiger partial charge in [0.2, 0.25) is 5.91 Å². The number of nitrogens with zero attached hydrogens (tertiary/aromatic N) is 2. The Kier molecular flexibility index (Phi) is 6.07. The Balaban J connectivity index is 1.46. The SMILES string of the molecule is Cc1ccc(N2CCN(C(=O)C3(c4ccc(Cl)cc4)CC3)CC2c2ccc(Cl)cc2)c(Cl)c1. The van der Waals surface area contributed by atoms with Crippen molar-refractivity contribution in [2.75, 3.05) is 24.5 Å². The van der Waals surface area contributed by atoms with Crippen molar-refractivity contribution in [3.05, 3.63) is 98.5 Å². The molecule has 1 atom stereocenters. The molecular formula is C27H25Cl3N2O. The first-order valence-electron chi connectivity index (χ1n) is 11.2. The molecule has 6 heteroatoms. The van der Waals surface area contributed by atoms with E-state index >= 15 is 0 Å². The van der Waals surface area contributed by atoms with Crippen LogP contribution in [-0.2, 0) is 10.2 Å². The number of rotatable bonds is 4. The minimum absolute atomic E-state index is 0.0128. The number of halogens is 3. The number of aryl methyl sites for hydroxylation is 1. The minimum atomic E-state index is -0.418. The van der Waals surface area contributed by atoms with E-state index in [1.807, 2.05) is 66.4 Å². The number of carbonyl (C=O) groups excluding carboxylic acids is 1. The maximum atomic E-state index is 13.8. The smallest absolute Gasteiger partial charge is 0.233 e. The fraction of sp³-hybridized carbons (Fsp3) is 0.296. The predicted molar refractivity (Wildman–Crippen MR) is 137 cm³/mol. The number of hydrogen-bond acceptors (Lipinski definition) is 2. The zero-order chi connectivity index (χ0) is 23.2. The van der Waals surface area contributed by atoms with Gasteiger partial charge in [-0.1, -0.05) is 65.1 Å². The van der Waals surface area contributed by atoms with E-state index in [0.29, 0.717) is 29.7 Å². The molecule has 1 amide bonds. The van der Waals surface area contributed by atoms with Gasteiger partial charge in [0.05, 0.1) is 22.2 Å². The van der Waals surface area contributed by atoms with Gasteiger partial charge in [0.15, 0.2) is 0 Å². The molecule has 1 saturated heterocycles. The average molecular weight is 500 g/mol. The van der Waals surface area contributed by atoms with Gasteiger partial charge in [0.25, 0.3) is 0 Å². The van der Waals surface area contributed by atoms with E-state index in [1.54, 1.807) is 0 Å². The van der Waals surface area contributed by atoms with Gasteiger partial charge in [-0.25, -0.2) is 0 Å². The van der Waals surface area contributed by atoms with Crippen molar-refractivity contribution >= 4 is 46.4 Å². The van der Waals surface area contributed by atoms with Gasteiger partial charge in [0.1, 0.15) is 0 Å². The lowest BCUT2D eigenvalue weighted by molar-refractivity contribution is -0.134. The minimum Gasteiger partial charge on any atom is -0.360 e. The Morgan fingerprint density at radius 2 is 1.52 bits per heavy atom. The highest BCUT2D eigenvalue weighted by Crippen LogP contribution is 2.50. The molecule has 0 N–H and O–H groups in total. The lowest BCUT2D eigenvalue weighted by atomic mass is 9.93. The molecule has 5 rings (SSSR count). The van der Waals surface area contributed by atoms with Crippen molar-refractivity contribution < 1.29 is 4.79 Å². The number of carbonyl (C=O) groups is 1. The van der Waals surface area contributed by atoms with Crippen LogP contribution in [0.3, 0.4) is 0 Å². The molecule has 1 aliphatic carbocycles. The summed E-state index contributed by atoms with van der Waals surface area (Å²) in [6.07, 6.45) is 1.76. The molecule has 0 aromatic heterocycles. The van der Waals surface area contributed by atoms with Crippen molar-refractivity contribution in [3.63, 3.8) is 0 Å². The third kappa shape index (κ3) is 4.35. The van der Waals surface area contributed by atoms with Crippen LogP contribution in [0.25, 0.3) is 0 Å². The van der Waals surface area contributed by atoms with E-state index in [0.717, 1.165) is 40.2 Å². The molecule has 1 heterocycles. The molecule has 2 fully saturated rings. The van der Waals surface area contributed by atoms with Crippen LogP contribution in [0.5, 0.6) is 0 Å². The number of amides is 1. The van der Waals surface area contributed by atoms with Crippen LogP contribution < -0.4 is 4.90 Å². The van der Waals surface area contributed by atoms with Crippen molar-refractivity contribution in [2.45, 2.75) is 31.2 Å². The molecule has 2 aliphatic rings. The summed E-state index contributed by atoms with van der Waals surface area (Å²) in [4.78, 5) is 18.1. The second-order valence-corrected chi connectivity index (χ2v) is 10.3. The molecular weight excluding hydrogens is 475 g/mol. The van der Waals surface area contributed by atoms with Crippen LogP contribution in [0, 0.1) is 6.92 Å². The Morgan fingerprint density at radius 3 is 2.12 bits per heavy atom. The normalized spacial score (nSPS) is 19.5. The summed E-state index contributed by atoms with van der Waals surface area (Å²) >= 11 is 18.9. The molecule has 1 saturated carbocycles. The van der Waals surface area contributed by atoms with Gasteiger partial charge >= 0.3 is 0 Å². The lowest BCUT2D eigenvalue weighted by Gasteiger charge is -2.44. The Labute approximate surface area is 209 Å². The van der Waals surface area contributed by atoms with Gasteiger partial charge in [-0.05, 0) is 72.9 Å². The first kappa shape index (κ1) is 22.6. The lowest BCUT2D eigenvalue weighted by Crippen LogP contribution is -2.53. The van der Waals surface area contributed by atoms with Crippen molar-refractivity contribution in [1.82, 2.24) is 4.90 Å². The van der Waals surface area contributed by atoms with Crippen LogP contribution in [-0.4, -0.2) is 30.4 Å². The van der Waals surface area contributed by atoms with Gasteiger partial charge in [-0.15, -0.1) is 0 Å². The largest absolute Gasteiger partial charge is 0.360 e. The fourth-order valence-corrected chi connectivity index (χ4v) is 5.49. The number of hydrogen-bond donors (Lipinski definition) is 0. The van der Waals surface area contributed by atoms with E-state index in [2.05, 4.69) is 17.0 Å². The summed E-state index contributed by atoms with van der Waals surface area (Å²) in [5.41, 5.74) is 3.87. The second-order valence-electron chi connectivity index (χ2n) is 9.06. The molecule has 3 aromatic rings. The number of piperazine rings is 1. The van der Waals surface area contributed by atoms with Crippen molar-refractivity contribution in [3.8, 4) is 0 Å². The Bertz CT molecular complexity index is 1170. The second kappa shape index (κ2) is 8.87. The van der Waals surface area contributed by atoms with Gasteiger partial charge in [0, 0.05) is 29.7 Å². The Morgan fingerprint density at radius 1 is 0.879 bits per heavy atom. The highest BCUT2D eigenvalue weighted by atomic mass is 35.5. The zero-order valence-corrected chi connectivity index (χ0v) is 20.7. The third-order valence-corrected chi connectivity index (χ3v) is 7.70. The highest BCUT2D eigenvalue weighted by molar-refractivity contribution is 6.33. The number of benzene rings is 3. The Hall–Kier alpha value is -2.20. The van der Waals surface area contributed by atoms with E-state index < -0.39 is 5.41 Å². The maximum Gasteiger partial charge on any atom is 0.233 e. The van der Waals surface area contributed by atoms with Crippen molar-refractivity contribution in [2.24, 2.45) is 0 Å². The molecule has 1 aliphatic heterocycles. The monoisotopic (exact) mass is 498 g/mol. The standard InChI is InChI=1S/C27H25Cl3N2O/c1-18-2-11-24(23(30)16-18)32-15-14-31(17-25(32)19-3-7-21(28)8-4-19)26(33)27(12-13-27)20-5-9-22(29)10-6-20/h2-11,16,25H,12-15,17H2,1H3. The quantitative estimate of drug-likeness (QED) is 0.383. The van der Waals surface area contributed by atoms with E-state index in [-0.39, 0.29) is 11.9 Å². The van der Waals surface area contributed by atoms with Crippen LogP contribution in [0.1, 0.15) is 35.6 Å². The summed E-state index contributed by atoms with van der Waals surface area (Å²) in [5.74, 6) is 0.207. The zero-order valence-electron chi connectivity index (χ0n) is 18.4. The summed E-state index contributed by atoms with van der Waals surface area (Å²) in [6, 6.07) is 21.8. The molecule has 3 aromatic carbocycles. The van der Waals surface area contributed by atoms with E-state index in [1.165, 1.54) is 0 Å². The van der Waals surface area contributed by atoms with Crippen LogP contribution in [0.4, 0.5) is 5.69 Å². The first-order chi connectivity index (χ1) is 15.9. The maximum absolute atomic E-state index is 13.8. The van der Waals surface area contributed by atoms with E-state index in [4.69, 9.17) is 34.8 Å². The van der Waals surface area contributed by atoms with Crippen LogP contribution in [0.2, 0.25) is 15.1 Å². The molecule has 0 radical (unpaired) electrons. The van der Waals surface area contributed by atoms with Gasteiger partial charge in [-0.3, -0.25) is 4.79 Å². The van der Waals surface area contributed by atoms with Crippen LogP contribution in [0.15, 0.2) is 66.7 Å². The van der Waals surface area contributed by atoms with Gasteiger partial charge in [-0.2, -0.15) is 0 Å². The summed E-state index contributed by atoms with van der Waals surface area (Å²) < 4.78 is 0. The molecule has 3 nitrogen and oxygen atoms in total. The first-order valence-corrected chi connectivity index (χ1v) is 12.3.